The molecule has 1 rings (SSSR count). The molecule has 0 unspecified atom stereocenters. The third-order valence-corrected chi connectivity index (χ3v) is 2.47. The van der Waals surface area contributed by atoms with E-state index in [1.54, 1.807) is 7.05 Å². The molecule has 0 aromatic heterocycles. The minimum Gasteiger partial charge on any atom is -0.444 e. The van der Waals surface area contributed by atoms with Crippen molar-refractivity contribution in [3.63, 3.8) is 0 Å². The normalized spacial score (nSPS) is 11.4. The number of likely N-dealkylation sites (N-methyl/N-ethyl adjacent to an activating group) is 1. The molecule has 0 aliphatic rings. The SMILES string of the molecule is CN(CCN=C(N)Nc1ccccc1)C(=O)OC(C)(C)C.I. The molecule has 0 saturated carbocycles. The van der Waals surface area contributed by atoms with Crippen LogP contribution in [0.1, 0.15) is 20.8 Å². The van der Waals surface area contributed by atoms with Gasteiger partial charge in [-0.2, -0.15) is 0 Å². The molecule has 124 valence electrons. The maximum Gasteiger partial charge on any atom is 0.410 e. The summed E-state index contributed by atoms with van der Waals surface area (Å²) in [4.78, 5) is 17.4. The number of carbonyl (C=O) groups is 1. The summed E-state index contributed by atoms with van der Waals surface area (Å²) < 4.78 is 5.24. The molecule has 0 heterocycles. The number of rotatable bonds is 4. The van der Waals surface area contributed by atoms with Crippen LogP contribution >= 0.6 is 24.0 Å². The molecular formula is C15H25IN4O2. The summed E-state index contributed by atoms with van der Waals surface area (Å²) in [6.07, 6.45) is -0.368. The molecule has 0 fully saturated rings. The van der Waals surface area contributed by atoms with Crippen molar-refractivity contribution < 1.29 is 9.53 Å². The van der Waals surface area contributed by atoms with Crippen LogP contribution in [0.5, 0.6) is 0 Å². The number of para-hydroxylation sites is 1. The number of ether oxygens (including phenoxy) is 1. The number of aliphatic imine (C=N–C) groups is 1. The number of benzene rings is 1. The first-order chi connectivity index (χ1) is 9.78. The Labute approximate surface area is 149 Å². The average Bonchev–Trinajstić information content (AvgIpc) is 2.37. The third kappa shape index (κ3) is 8.71. The number of nitrogens with one attached hydrogen (secondary N) is 1. The molecule has 7 heteroatoms. The smallest absolute Gasteiger partial charge is 0.410 e. The van der Waals surface area contributed by atoms with E-state index in [0.717, 1.165) is 5.69 Å². The Morgan fingerprint density at radius 3 is 2.45 bits per heavy atom. The molecule has 0 aliphatic heterocycles. The van der Waals surface area contributed by atoms with Crippen molar-refractivity contribution in [3.8, 4) is 0 Å². The molecule has 0 bridgehead atoms. The fourth-order valence-corrected chi connectivity index (χ4v) is 1.46. The second kappa shape index (κ2) is 9.50. The van der Waals surface area contributed by atoms with Crippen molar-refractivity contribution >= 4 is 41.7 Å². The summed E-state index contributed by atoms with van der Waals surface area (Å²) in [7, 11) is 1.67. The molecule has 6 nitrogen and oxygen atoms in total. The van der Waals surface area contributed by atoms with Gasteiger partial charge in [0.05, 0.1) is 6.54 Å². The van der Waals surface area contributed by atoms with Gasteiger partial charge in [0.2, 0.25) is 0 Å². The molecule has 0 saturated heterocycles. The maximum atomic E-state index is 11.7. The Bertz CT molecular complexity index is 486. The summed E-state index contributed by atoms with van der Waals surface area (Å²) in [6.45, 7) is 6.34. The van der Waals surface area contributed by atoms with Gasteiger partial charge in [0.1, 0.15) is 5.60 Å². The second-order valence-electron chi connectivity index (χ2n) is 5.66. The number of halogens is 1. The molecule has 3 N–H and O–H groups in total. The maximum absolute atomic E-state index is 11.7. The van der Waals surface area contributed by atoms with Crippen molar-refractivity contribution in [2.75, 3.05) is 25.5 Å². The van der Waals surface area contributed by atoms with Gasteiger partial charge in [-0.25, -0.2) is 4.79 Å². The highest BCUT2D eigenvalue weighted by Crippen LogP contribution is 2.08. The Morgan fingerprint density at radius 1 is 1.32 bits per heavy atom. The van der Waals surface area contributed by atoms with Gasteiger partial charge in [-0.3, -0.25) is 4.99 Å². The number of hydrogen-bond acceptors (Lipinski definition) is 3. The van der Waals surface area contributed by atoms with E-state index in [1.165, 1.54) is 4.90 Å². The van der Waals surface area contributed by atoms with E-state index in [1.807, 2.05) is 51.1 Å². The highest BCUT2D eigenvalue weighted by molar-refractivity contribution is 14.0. The Balaban J connectivity index is 0.00000441. The van der Waals surface area contributed by atoms with Crippen LogP contribution in [0.25, 0.3) is 0 Å². The second-order valence-corrected chi connectivity index (χ2v) is 5.66. The lowest BCUT2D eigenvalue weighted by Crippen LogP contribution is -2.36. The number of nitrogens with zero attached hydrogens (tertiary/aromatic N) is 2. The fourth-order valence-electron chi connectivity index (χ4n) is 1.46. The highest BCUT2D eigenvalue weighted by atomic mass is 127. The van der Waals surface area contributed by atoms with E-state index < -0.39 is 5.60 Å². The first-order valence-electron chi connectivity index (χ1n) is 6.84. The zero-order chi connectivity index (χ0) is 15.9. The van der Waals surface area contributed by atoms with Crippen molar-refractivity contribution in [2.45, 2.75) is 26.4 Å². The van der Waals surface area contributed by atoms with E-state index >= 15 is 0 Å². The van der Waals surface area contributed by atoms with E-state index in [4.69, 9.17) is 10.5 Å². The predicted molar refractivity (Wildman–Crippen MR) is 101 cm³/mol. The van der Waals surface area contributed by atoms with Crippen LogP contribution in [0.2, 0.25) is 0 Å². The first-order valence-corrected chi connectivity index (χ1v) is 6.84. The van der Waals surface area contributed by atoms with Crippen molar-refractivity contribution in [3.05, 3.63) is 30.3 Å². The molecule has 0 radical (unpaired) electrons. The molecule has 1 aromatic rings. The zero-order valence-corrected chi connectivity index (χ0v) is 15.8. The number of hydrogen-bond donors (Lipinski definition) is 2. The van der Waals surface area contributed by atoms with E-state index in [-0.39, 0.29) is 30.1 Å². The lowest BCUT2D eigenvalue weighted by Gasteiger charge is -2.24. The zero-order valence-electron chi connectivity index (χ0n) is 13.5. The lowest BCUT2D eigenvalue weighted by atomic mass is 10.2. The van der Waals surface area contributed by atoms with Gasteiger partial charge in [0, 0.05) is 19.3 Å². The summed E-state index contributed by atoms with van der Waals surface area (Å²) in [5.41, 5.74) is 6.15. The summed E-state index contributed by atoms with van der Waals surface area (Å²) in [5.74, 6) is 0.318. The van der Waals surface area contributed by atoms with Gasteiger partial charge in [0.15, 0.2) is 5.96 Å². The molecule has 0 spiro atoms. The van der Waals surface area contributed by atoms with Crippen molar-refractivity contribution in [1.29, 1.82) is 0 Å². The predicted octanol–water partition coefficient (Wildman–Crippen LogP) is 2.90. The fraction of sp³-hybridized carbons (Fsp3) is 0.467. The van der Waals surface area contributed by atoms with Crippen LogP contribution in [0.4, 0.5) is 10.5 Å². The molecule has 22 heavy (non-hydrogen) atoms. The van der Waals surface area contributed by atoms with Gasteiger partial charge >= 0.3 is 6.09 Å². The van der Waals surface area contributed by atoms with Gasteiger partial charge < -0.3 is 20.7 Å². The minimum atomic E-state index is -0.498. The largest absolute Gasteiger partial charge is 0.444 e. The van der Waals surface area contributed by atoms with Gasteiger partial charge in [-0.15, -0.1) is 24.0 Å². The summed E-state index contributed by atoms with van der Waals surface area (Å²) >= 11 is 0. The van der Waals surface area contributed by atoms with E-state index in [2.05, 4.69) is 10.3 Å². The standard InChI is InChI=1S/C15H24N4O2.HI/c1-15(2,3)21-14(20)19(4)11-10-17-13(16)18-12-8-6-5-7-9-12;/h5-9H,10-11H2,1-4H3,(H3,16,17,18);1H. The number of carbonyl (C=O) groups excluding carboxylic acids is 1. The van der Waals surface area contributed by atoms with Gasteiger partial charge in [0.25, 0.3) is 0 Å². The van der Waals surface area contributed by atoms with Crippen LogP contribution in [-0.4, -0.2) is 42.7 Å². The number of guanidine groups is 1. The topological polar surface area (TPSA) is 80.0 Å². The Hall–Kier alpha value is -1.51. The van der Waals surface area contributed by atoms with E-state index in [9.17, 15) is 4.79 Å². The van der Waals surface area contributed by atoms with Crippen LogP contribution in [0, 0.1) is 0 Å². The number of amides is 1. The van der Waals surface area contributed by atoms with Crippen LogP contribution in [0.3, 0.4) is 0 Å². The van der Waals surface area contributed by atoms with Crippen molar-refractivity contribution in [1.82, 2.24) is 4.90 Å². The third-order valence-electron chi connectivity index (χ3n) is 2.47. The highest BCUT2D eigenvalue weighted by Gasteiger charge is 2.18. The molecule has 1 amide bonds. The quantitative estimate of drug-likeness (QED) is 0.446. The summed E-state index contributed by atoms with van der Waals surface area (Å²) in [6, 6.07) is 9.54. The molecule has 1 aromatic carbocycles. The molecular weight excluding hydrogens is 395 g/mol. The Kier molecular flexibility index (Phi) is 8.84. The van der Waals surface area contributed by atoms with Crippen LogP contribution in [-0.2, 0) is 4.74 Å². The van der Waals surface area contributed by atoms with Crippen LogP contribution < -0.4 is 11.1 Å². The average molecular weight is 420 g/mol. The summed E-state index contributed by atoms with van der Waals surface area (Å²) in [5, 5.41) is 2.98. The van der Waals surface area contributed by atoms with E-state index in [0.29, 0.717) is 19.0 Å². The van der Waals surface area contributed by atoms with Gasteiger partial charge in [-0.1, -0.05) is 18.2 Å². The molecule has 0 atom stereocenters. The lowest BCUT2D eigenvalue weighted by molar-refractivity contribution is 0.0304. The van der Waals surface area contributed by atoms with Crippen molar-refractivity contribution in [2.24, 2.45) is 10.7 Å². The molecule has 0 aliphatic carbocycles. The van der Waals surface area contributed by atoms with Gasteiger partial charge in [-0.05, 0) is 32.9 Å². The monoisotopic (exact) mass is 420 g/mol. The number of nitrogens with two attached hydrogens (primary N) is 1. The Morgan fingerprint density at radius 2 is 1.91 bits per heavy atom. The number of anilines is 1. The first kappa shape index (κ1) is 20.5. The van der Waals surface area contributed by atoms with Crippen LogP contribution in [0.15, 0.2) is 35.3 Å². The minimum absolute atomic E-state index is 0.